The molecule has 1 amide bonds. The van der Waals surface area contributed by atoms with E-state index in [4.69, 9.17) is 9.47 Å². The van der Waals surface area contributed by atoms with Crippen LogP contribution in [-0.4, -0.2) is 18.5 Å². The van der Waals surface area contributed by atoms with Gasteiger partial charge >= 0.3 is 5.97 Å². The molecule has 3 aromatic carbocycles. The smallest absolute Gasteiger partial charge is 0.339 e. The molecular formula is C25H25NO4. The summed E-state index contributed by atoms with van der Waals surface area (Å²) in [7, 11) is 0. The van der Waals surface area contributed by atoms with Crippen LogP contribution in [0.5, 0.6) is 5.75 Å². The van der Waals surface area contributed by atoms with Crippen molar-refractivity contribution in [1.82, 2.24) is 0 Å². The summed E-state index contributed by atoms with van der Waals surface area (Å²) in [6, 6.07) is 24.0. The first kappa shape index (κ1) is 21.1. The van der Waals surface area contributed by atoms with Gasteiger partial charge in [0, 0.05) is 11.3 Å². The Labute approximate surface area is 176 Å². The summed E-state index contributed by atoms with van der Waals surface area (Å²) in [6.07, 6.45) is 0. The van der Waals surface area contributed by atoms with Gasteiger partial charge in [0.1, 0.15) is 12.4 Å². The number of hydrogen-bond acceptors (Lipinski definition) is 4. The van der Waals surface area contributed by atoms with Crippen molar-refractivity contribution in [3.8, 4) is 5.75 Å². The molecule has 0 bridgehead atoms. The number of amides is 1. The van der Waals surface area contributed by atoms with Crippen LogP contribution in [0.15, 0.2) is 78.9 Å². The molecule has 1 N–H and O–H groups in total. The van der Waals surface area contributed by atoms with Crippen LogP contribution < -0.4 is 10.1 Å². The van der Waals surface area contributed by atoms with Gasteiger partial charge in [-0.05, 0) is 35.7 Å². The van der Waals surface area contributed by atoms with Crippen LogP contribution in [0.3, 0.4) is 0 Å². The fourth-order valence-corrected chi connectivity index (χ4v) is 3.03. The van der Waals surface area contributed by atoms with E-state index in [1.165, 1.54) is 0 Å². The number of rotatable bonds is 8. The second-order valence-electron chi connectivity index (χ2n) is 7.13. The highest BCUT2D eigenvalue weighted by molar-refractivity contribution is 5.96. The fraction of sp³-hybridized carbons (Fsp3) is 0.200. The average Bonchev–Trinajstić information content (AvgIpc) is 2.77. The molecule has 0 fully saturated rings. The minimum absolute atomic E-state index is 0.225. The lowest BCUT2D eigenvalue weighted by Crippen LogP contribution is -2.22. The minimum Gasteiger partial charge on any atom is -0.489 e. The fourth-order valence-electron chi connectivity index (χ4n) is 3.03. The number of para-hydroxylation sites is 2. The van der Waals surface area contributed by atoms with Crippen molar-refractivity contribution in [3.63, 3.8) is 0 Å². The Kier molecular flexibility index (Phi) is 7.22. The Balaban J connectivity index is 1.59. The molecule has 3 rings (SSSR count). The molecule has 0 radical (unpaired) electrons. The van der Waals surface area contributed by atoms with Gasteiger partial charge in [-0.2, -0.15) is 0 Å². The highest BCUT2D eigenvalue weighted by atomic mass is 16.5. The molecule has 0 aliphatic carbocycles. The Morgan fingerprint density at radius 2 is 1.53 bits per heavy atom. The van der Waals surface area contributed by atoms with Crippen molar-refractivity contribution in [2.75, 3.05) is 11.9 Å². The molecule has 3 aromatic rings. The third kappa shape index (κ3) is 5.70. The van der Waals surface area contributed by atoms with Crippen LogP contribution in [-0.2, 0) is 16.1 Å². The van der Waals surface area contributed by atoms with Crippen molar-refractivity contribution >= 4 is 17.6 Å². The molecule has 5 heteroatoms. The quantitative estimate of drug-likeness (QED) is 0.526. The molecule has 5 nitrogen and oxygen atoms in total. The van der Waals surface area contributed by atoms with Crippen molar-refractivity contribution < 1.29 is 19.1 Å². The molecule has 0 aromatic heterocycles. The molecule has 0 aliphatic rings. The van der Waals surface area contributed by atoms with E-state index in [0.29, 0.717) is 16.9 Å². The summed E-state index contributed by atoms with van der Waals surface area (Å²) < 4.78 is 11.0. The number of carbonyl (C=O) groups excluding carboxylic acids is 2. The van der Waals surface area contributed by atoms with Crippen molar-refractivity contribution in [1.29, 1.82) is 0 Å². The molecule has 0 unspecified atom stereocenters. The molecule has 154 valence electrons. The maximum absolute atomic E-state index is 12.6. The predicted molar refractivity (Wildman–Crippen MR) is 117 cm³/mol. The minimum atomic E-state index is -0.561. The van der Waals surface area contributed by atoms with E-state index in [0.717, 1.165) is 11.3 Å². The number of esters is 1. The van der Waals surface area contributed by atoms with Gasteiger partial charge in [-0.15, -0.1) is 0 Å². The topological polar surface area (TPSA) is 64.6 Å². The third-order valence-electron chi connectivity index (χ3n) is 4.57. The zero-order valence-electron chi connectivity index (χ0n) is 17.1. The van der Waals surface area contributed by atoms with Gasteiger partial charge in [-0.25, -0.2) is 4.79 Å². The van der Waals surface area contributed by atoms with Crippen LogP contribution in [0.25, 0.3) is 0 Å². The van der Waals surface area contributed by atoms with Crippen LogP contribution >= 0.6 is 0 Å². The summed E-state index contributed by atoms with van der Waals surface area (Å²) in [5, 5.41) is 2.82. The first-order valence-electron chi connectivity index (χ1n) is 9.86. The van der Waals surface area contributed by atoms with Gasteiger partial charge in [-0.1, -0.05) is 68.4 Å². The van der Waals surface area contributed by atoms with Crippen LogP contribution in [0, 0.1) is 0 Å². The van der Waals surface area contributed by atoms with Gasteiger partial charge < -0.3 is 14.8 Å². The predicted octanol–water partition coefficient (Wildman–Crippen LogP) is 5.18. The maximum Gasteiger partial charge on any atom is 0.339 e. The SMILES string of the molecule is CC(C)c1ccccc1NC(=O)COC(=O)c1ccccc1COc1ccccc1. The maximum atomic E-state index is 12.6. The Morgan fingerprint density at radius 3 is 2.30 bits per heavy atom. The molecule has 0 heterocycles. The van der Waals surface area contributed by atoms with Crippen molar-refractivity contribution in [2.24, 2.45) is 0 Å². The molecule has 30 heavy (non-hydrogen) atoms. The monoisotopic (exact) mass is 403 g/mol. The lowest BCUT2D eigenvalue weighted by molar-refractivity contribution is -0.119. The normalized spacial score (nSPS) is 10.5. The van der Waals surface area contributed by atoms with E-state index < -0.39 is 5.97 Å². The van der Waals surface area contributed by atoms with Gasteiger partial charge in [0.2, 0.25) is 0 Å². The molecular weight excluding hydrogens is 378 g/mol. The Morgan fingerprint density at radius 1 is 0.867 bits per heavy atom. The first-order valence-corrected chi connectivity index (χ1v) is 9.86. The third-order valence-corrected chi connectivity index (χ3v) is 4.57. The van der Waals surface area contributed by atoms with E-state index in [1.54, 1.807) is 18.2 Å². The van der Waals surface area contributed by atoms with E-state index >= 15 is 0 Å². The summed E-state index contributed by atoms with van der Waals surface area (Å²) in [6.45, 7) is 3.97. The zero-order chi connectivity index (χ0) is 21.3. The standard InChI is InChI=1S/C25H25NO4/c1-18(2)21-13-8-9-15-23(21)26-24(27)17-30-25(28)22-14-7-6-10-19(22)16-29-20-11-4-3-5-12-20/h3-15,18H,16-17H2,1-2H3,(H,26,27). The van der Waals surface area contributed by atoms with Crippen molar-refractivity contribution in [2.45, 2.75) is 26.4 Å². The van der Waals surface area contributed by atoms with Gasteiger partial charge in [-0.3, -0.25) is 4.79 Å². The molecule has 0 atom stereocenters. The molecule has 0 aliphatic heterocycles. The van der Waals surface area contributed by atoms with Crippen molar-refractivity contribution in [3.05, 3.63) is 95.6 Å². The first-order chi connectivity index (χ1) is 14.5. The van der Waals surface area contributed by atoms with Gasteiger partial charge in [0.05, 0.1) is 5.56 Å². The second kappa shape index (κ2) is 10.3. The average molecular weight is 403 g/mol. The van der Waals surface area contributed by atoms with Crippen LogP contribution in [0.4, 0.5) is 5.69 Å². The number of anilines is 1. The molecule has 0 spiro atoms. The summed E-state index contributed by atoms with van der Waals surface area (Å²) >= 11 is 0. The lowest BCUT2D eigenvalue weighted by Gasteiger charge is -2.14. The second-order valence-corrected chi connectivity index (χ2v) is 7.13. The number of benzene rings is 3. The largest absolute Gasteiger partial charge is 0.489 e. The van der Waals surface area contributed by atoms with E-state index in [2.05, 4.69) is 19.2 Å². The zero-order valence-corrected chi connectivity index (χ0v) is 17.1. The van der Waals surface area contributed by atoms with Gasteiger partial charge in [0.15, 0.2) is 6.61 Å². The summed E-state index contributed by atoms with van der Waals surface area (Å²) in [5.41, 5.74) is 2.83. The van der Waals surface area contributed by atoms with E-state index in [1.807, 2.05) is 60.7 Å². The number of nitrogens with one attached hydrogen (secondary N) is 1. The summed E-state index contributed by atoms with van der Waals surface area (Å²) in [4.78, 5) is 24.9. The molecule has 0 saturated carbocycles. The van der Waals surface area contributed by atoms with E-state index in [9.17, 15) is 9.59 Å². The Bertz CT molecular complexity index is 999. The highest BCUT2D eigenvalue weighted by Gasteiger charge is 2.16. The number of carbonyl (C=O) groups is 2. The van der Waals surface area contributed by atoms with Crippen LogP contribution in [0.2, 0.25) is 0 Å². The Hall–Kier alpha value is -3.60. The van der Waals surface area contributed by atoms with E-state index in [-0.39, 0.29) is 25.0 Å². The molecule has 0 saturated heterocycles. The van der Waals surface area contributed by atoms with Gasteiger partial charge in [0.25, 0.3) is 5.91 Å². The van der Waals surface area contributed by atoms with Crippen LogP contribution in [0.1, 0.15) is 41.3 Å². The highest BCUT2D eigenvalue weighted by Crippen LogP contribution is 2.23. The number of hydrogen-bond donors (Lipinski definition) is 1. The lowest BCUT2D eigenvalue weighted by atomic mass is 10.0. The number of ether oxygens (including phenoxy) is 2. The summed E-state index contributed by atoms with van der Waals surface area (Å²) in [5.74, 6) is 0.0356.